The number of phenolic OH excluding ortho intramolecular Hbond substituents is 1. The zero-order valence-electron chi connectivity index (χ0n) is 13.5. The van der Waals surface area contributed by atoms with E-state index in [1.54, 1.807) is 12.1 Å². The Labute approximate surface area is 127 Å². The topological polar surface area (TPSA) is 49.3 Å². The van der Waals surface area contributed by atoms with E-state index >= 15 is 0 Å². The number of phenols is 1. The number of rotatable bonds is 3. The first kappa shape index (κ1) is 15.9. The Hall–Kier alpha value is -1.51. The van der Waals surface area contributed by atoms with E-state index in [1.165, 1.54) is 6.42 Å². The first-order chi connectivity index (χ1) is 9.88. The van der Waals surface area contributed by atoms with Crippen molar-refractivity contribution in [3.8, 4) is 5.75 Å². The third-order valence-corrected chi connectivity index (χ3v) is 4.77. The Balaban J connectivity index is 2.13. The number of hydrogen-bond donors (Lipinski definition) is 2. The van der Waals surface area contributed by atoms with Crippen molar-refractivity contribution in [3.63, 3.8) is 0 Å². The lowest BCUT2D eigenvalue weighted by atomic mass is 9.70. The number of aryl methyl sites for hydroxylation is 1. The Morgan fingerprint density at radius 1 is 1.33 bits per heavy atom. The van der Waals surface area contributed by atoms with Crippen molar-refractivity contribution in [2.24, 2.45) is 23.7 Å². The fourth-order valence-electron chi connectivity index (χ4n) is 3.48. The first-order valence-electron chi connectivity index (χ1n) is 7.99. The van der Waals surface area contributed by atoms with E-state index in [0.717, 1.165) is 18.4 Å². The van der Waals surface area contributed by atoms with Gasteiger partial charge in [-0.05, 0) is 55.2 Å². The number of nitrogens with one attached hydrogen (secondary N) is 1. The molecule has 1 saturated carbocycles. The Kier molecular flexibility index (Phi) is 4.92. The minimum absolute atomic E-state index is 0.0504. The lowest BCUT2D eigenvalue weighted by molar-refractivity contribution is -0.124. The van der Waals surface area contributed by atoms with Crippen LogP contribution in [0, 0.1) is 30.6 Å². The van der Waals surface area contributed by atoms with Crippen LogP contribution in [0.5, 0.6) is 5.75 Å². The summed E-state index contributed by atoms with van der Waals surface area (Å²) < 4.78 is 0. The van der Waals surface area contributed by atoms with Gasteiger partial charge in [0.15, 0.2) is 0 Å². The molecule has 1 aromatic rings. The molecule has 116 valence electrons. The summed E-state index contributed by atoms with van der Waals surface area (Å²) in [5.74, 6) is 1.80. The standard InChI is InChI=1S/C18H27NO2/c1-11(2)14-7-5-12(3)9-15(14)18(21)19-16-8-6-13(4)10-17(16)20/h6,8,10-12,14-15,20H,5,7,9H2,1-4H3,(H,19,21). The van der Waals surface area contributed by atoms with Gasteiger partial charge in [0.2, 0.25) is 5.91 Å². The van der Waals surface area contributed by atoms with Crippen LogP contribution in [0.1, 0.15) is 45.6 Å². The molecule has 0 heterocycles. The Morgan fingerprint density at radius 2 is 2.05 bits per heavy atom. The van der Waals surface area contributed by atoms with Crippen LogP contribution in [0.15, 0.2) is 18.2 Å². The summed E-state index contributed by atoms with van der Waals surface area (Å²) in [5, 5.41) is 12.9. The SMILES string of the molecule is Cc1ccc(NC(=O)C2CC(C)CCC2C(C)C)c(O)c1. The molecule has 1 aromatic carbocycles. The van der Waals surface area contributed by atoms with Crippen LogP contribution in [-0.2, 0) is 4.79 Å². The summed E-state index contributed by atoms with van der Waals surface area (Å²) in [6.45, 7) is 8.54. The molecule has 1 aliphatic carbocycles. The number of benzene rings is 1. The van der Waals surface area contributed by atoms with Crippen LogP contribution in [0.2, 0.25) is 0 Å². The van der Waals surface area contributed by atoms with Gasteiger partial charge >= 0.3 is 0 Å². The molecule has 1 amide bonds. The zero-order valence-corrected chi connectivity index (χ0v) is 13.5. The van der Waals surface area contributed by atoms with Gasteiger partial charge in [0.25, 0.3) is 0 Å². The fourth-order valence-corrected chi connectivity index (χ4v) is 3.48. The predicted molar refractivity (Wildman–Crippen MR) is 86.3 cm³/mol. The van der Waals surface area contributed by atoms with Gasteiger partial charge < -0.3 is 10.4 Å². The molecular formula is C18H27NO2. The lowest BCUT2D eigenvalue weighted by Crippen LogP contribution is -2.36. The second-order valence-electron chi connectivity index (χ2n) is 6.94. The number of carbonyl (C=O) groups is 1. The van der Waals surface area contributed by atoms with E-state index in [0.29, 0.717) is 23.4 Å². The lowest BCUT2D eigenvalue weighted by Gasteiger charge is -2.36. The van der Waals surface area contributed by atoms with Crippen molar-refractivity contribution in [1.29, 1.82) is 0 Å². The molecule has 0 aliphatic heterocycles. The molecule has 0 bridgehead atoms. The highest BCUT2D eigenvalue weighted by Crippen LogP contribution is 2.39. The summed E-state index contributed by atoms with van der Waals surface area (Å²) >= 11 is 0. The zero-order chi connectivity index (χ0) is 15.6. The maximum Gasteiger partial charge on any atom is 0.227 e. The minimum Gasteiger partial charge on any atom is -0.506 e. The average molecular weight is 289 g/mol. The molecule has 21 heavy (non-hydrogen) atoms. The van der Waals surface area contributed by atoms with Crippen LogP contribution >= 0.6 is 0 Å². The van der Waals surface area contributed by atoms with Crippen molar-refractivity contribution in [3.05, 3.63) is 23.8 Å². The largest absolute Gasteiger partial charge is 0.506 e. The van der Waals surface area contributed by atoms with Gasteiger partial charge in [-0.1, -0.05) is 33.3 Å². The van der Waals surface area contributed by atoms with Crippen LogP contribution in [0.25, 0.3) is 0 Å². The van der Waals surface area contributed by atoms with E-state index in [2.05, 4.69) is 26.1 Å². The number of carbonyl (C=O) groups excluding carboxylic acids is 1. The van der Waals surface area contributed by atoms with Crippen molar-refractivity contribution in [2.45, 2.75) is 47.0 Å². The molecule has 3 nitrogen and oxygen atoms in total. The highest BCUT2D eigenvalue weighted by Gasteiger charge is 2.35. The van der Waals surface area contributed by atoms with Gasteiger partial charge in [0, 0.05) is 5.92 Å². The van der Waals surface area contributed by atoms with Gasteiger partial charge in [0.1, 0.15) is 5.75 Å². The third kappa shape index (κ3) is 3.78. The van der Waals surface area contributed by atoms with Crippen molar-refractivity contribution in [2.75, 3.05) is 5.32 Å². The van der Waals surface area contributed by atoms with Crippen molar-refractivity contribution >= 4 is 11.6 Å². The Bertz CT molecular complexity index is 510. The molecule has 1 fully saturated rings. The minimum atomic E-state index is 0.0504. The normalized spacial score (nSPS) is 25.9. The van der Waals surface area contributed by atoms with Crippen LogP contribution in [0.3, 0.4) is 0 Å². The van der Waals surface area contributed by atoms with Crippen molar-refractivity contribution < 1.29 is 9.90 Å². The smallest absolute Gasteiger partial charge is 0.227 e. The number of aromatic hydroxyl groups is 1. The highest BCUT2D eigenvalue weighted by atomic mass is 16.3. The predicted octanol–water partition coefficient (Wildman–Crippen LogP) is 4.35. The van der Waals surface area contributed by atoms with Crippen LogP contribution < -0.4 is 5.32 Å². The van der Waals surface area contributed by atoms with E-state index in [4.69, 9.17) is 0 Å². The van der Waals surface area contributed by atoms with E-state index < -0.39 is 0 Å². The molecule has 3 atom stereocenters. The molecule has 2 rings (SSSR count). The second kappa shape index (κ2) is 6.50. The van der Waals surface area contributed by atoms with Gasteiger partial charge in [-0.2, -0.15) is 0 Å². The van der Waals surface area contributed by atoms with Gasteiger partial charge in [-0.15, -0.1) is 0 Å². The molecule has 1 aliphatic rings. The number of amides is 1. The summed E-state index contributed by atoms with van der Waals surface area (Å²) in [6, 6.07) is 5.36. The molecular weight excluding hydrogens is 262 g/mol. The molecule has 0 radical (unpaired) electrons. The van der Waals surface area contributed by atoms with Gasteiger partial charge in [-0.3, -0.25) is 4.79 Å². The fraction of sp³-hybridized carbons (Fsp3) is 0.611. The molecule has 0 saturated heterocycles. The third-order valence-electron chi connectivity index (χ3n) is 4.77. The summed E-state index contributed by atoms with van der Waals surface area (Å²) in [4.78, 5) is 12.6. The summed E-state index contributed by atoms with van der Waals surface area (Å²) in [5.41, 5.74) is 1.50. The van der Waals surface area contributed by atoms with Crippen molar-refractivity contribution in [1.82, 2.24) is 0 Å². The maximum absolute atomic E-state index is 12.6. The first-order valence-corrected chi connectivity index (χ1v) is 7.99. The van der Waals surface area contributed by atoms with Crippen LogP contribution in [-0.4, -0.2) is 11.0 Å². The second-order valence-corrected chi connectivity index (χ2v) is 6.94. The van der Waals surface area contributed by atoms with E-state index in [-0.39, 0.29) is 17.6 Å². The number of anilines is 1. The van der Waals surface area contributed by atoms with Crippen LogP contribution in [0.4, 0.5) is 5.69 Å². The highest BCUT2D eigenvalue weighted by molar-refractivity contribution is 5.94. The van der Waals surface area contributed by atoms with Gasteiger partial charge in [0.05, 0.1) is 5.69 Å². The molecule has 2 N–H and O–H groups in total. The van der Waals surface area contributed by atoms with Gasteiger partial charge in [-0.25, -0.2) is 0 Å². The van der Waals surface area contributed by atoms with E-state index in [1.807, 2.05) is 13.0 Å². The average Bonchev–Trinajstić information content (AvgIpc) is 2.41. The molecule has 0 spiro atoms. The molecule has 0 aromatic heterocycles. The molecule has 3 unspecified atom stereocenters. The summed E-state index contributed by atoms with van der Waals surface area (Å²) in [6.07, 6.45) is 3.28. The quantitative estimate of drug-likeness (QED) is 0.813. The number of hydrogen-bond acceptors (Lipinski definition) is 2. The summed E-state index contributed by atoms with van der Waals surface area (Å²) in [7, 11) is 0. The monoisotopic (exact) mass is 289 g/mol. The molecule has 3 heteroatoms. The Morgan fingerprint density at radius 3 is 2.67 bits per heavy atom. The maximum atomic E-state index is 12.6. The van der Waals surface area contributed by atoms with E-state index in [9.17, 15) is 9.90 Å².